The van der Waals surface area contributed by atoms with E-state index in [2.05, 4.69) is 34.3 Å². The highest BCUT2D eigenvalue weighted by atomic mass is 32.2. The van der Waals surface area contributed by atoms with E-state index in [1.165, 1.54) is 19.3 Å². The lowest BCUT2D eigenvalue weighted by Crippen LogP contribution is -2.31. The van der Waals surface area contributed by atoms with Crippen molar-refractivity contribution in [2.75, 3.05) is 12.3 Å². The largest absolute Gasteiger partial charge is 0.313 e. The zero-order chi connectivity index (χ0) is 10.9. The molecule has 1 atom stereocenters. The van der Waals surface area contributed by atoms with Crippen molar-refractivity contribution < 1.29 is 0 Å². The molecular weight excluding hydrogens is 208 g/mol. The van der Waals surface area contributed by atoms with Gasteiger partial charge in [-0.1, -0.05) is 32.0 Å². The lowest BCUT2D eigenvalue weighted by atomic mass is 10.2. The molecule has 0 aliphatic carbocycles. The van der Waals surface area contributed by atoms with Gasteiger partial charge in [0.2, 0.25) is 0 Å². The average Bonchev–Trinajstić information content (AvgIpc) is 2.75. The van der Waals surface area contributed by atoms with E-state index in [0.717, 1.165) is 17.5 Å². The topological polar surface area (TPSA) is 53.6 Å². The molecule has 0 aliphatic rings. The molecule has 0 saturated carbocycles. The zero-order valence-corrected chi connectivity index (χ0v) is 10.3. The van der Waals surface area contributed by atoms with Crippen molar-refractivity contribution in [3.8, 4) is 0 Å². The van der Waals surface area contributed by atoms with Gasteiger partial charge in [-0.05, 0) is 19.4 Å². The van der Waals surface area contributed by atoms with Crippen LogP contribution < -0.4 is 5.32 Å². The van der Waals surface area contributed by atoms with Crippen molar-refractivity contribution in [1.29, 1.82) is 0 Å². The van der Waals surface area contributed by atoms with E-state index in [4.69, 9.17) is 0 Å². The maximum atomic E-state index is 4.10. The molecule has 1 unspecified atom stereocenters. The average molecular weight is 228 g/mol. The molecule has 1 aromatic rings. The van der Waals surface area contributed by atoms with Gasteiger partial charge in [0.25, 0.3) is 0 Å². The molecule has 0 aliphatic heterocycles. The summed E-state index contributed by atoms with van der Waals surface area (Å²) in [6.07, 6.45) is 5.18. The second kappa shape index (κ2) is 7.70. The Morgan fingerprint density at radius 2 is 2.33 bits per heavy atom. The highest BCUT2D eigenvalue weighted by Crippen LogP contribution is 2.14. The van der Waals surface area contributed by atoms with Gasteiger partial charge in [-0.15, -0.1) is 0 Å². The molecule has 0 bridgehead atoms. The fourth-order valence-corrected chi connectivity index (χ4v) is 2.27. The lowest BCUT2D eigenvalue weighted by molar-refractivity contribution is 0.514. The molecule has 0 spiro atoms. The Morgan fingerprint density at radius 3 is 2.93 bits per heavy atom. The van der Waals surface area contributed by atoms with Gasteiger partial charge in [-0.3, -0.25) is 5.10 Å². The van der Waals surface area contributed by atoms with Crippen LogP contribution in [0.3, 0.4) is 0 Å². The molecule has 86 valence electrons. The molecule has 0 amide bonds. The second-order valence-electron chi connectivity index (χ2n) is 3.54. The van der Waals surface area contributed by atoms with Crippen molar-refractivity contribution in [3.05, 3.63) is 6.33 Å². The van der Waals surface area contributed by atoms with Gasteiger partial charge < -0.3 is 5.32 Å². The Bertz CT molecular complexity index is 238. The van der Waals surface area contributed by atoms with Gasteiger partial charge in [0.05, 0.1) is 0 Å². The third kappa shape index (κ3) is 5.18. The number of rotatable bonds is 8. The summed E-state index contributed by atoms with van der Waals surface area (Å²) in [5.41, 5.74) is 0. The number of nitrogens with zero attached hydrogens (tertiary/aromatic N) is 2. The summed E-state index contributed by atoms with van der Waals surface area (Å²) in [5.74, 6) is 1.06. The van der Waals surface area contributed by atoms with Crippen molar-refractivity contribution in [1.82, 2.24) is 20.5 Å². The van der Waals surface area contributed by atoms with Crippen LogP contribution in [0.2, 0.25) is 0 Å². The van der Waals surface area contributed by atoms with E-state index in [1.807, 2.05) is 0 Å². The predicted octanol–water partition coefficient (Wildman–Crippen LogP) is 2.07. The minimum atomic E-state index is 0.588. The summed E-state index contributed by atoms with van der Waals surface area (Å²) in [7, 11) is 0. The number of aromatic nitrogens is 3. The predicted molar refractivity (Wildman–Crippen MR) is 64.1 cm³/mol. The first kappa shape index (κ1) is 12.5. The standard InChI is InChI=1S/C10H20N4S/c1-3-5-9(11-6-4-2)7-15-10-12-8-13-14-10/h8-9,11H,3-7H2,1-2H3,(H,12,13,14). The number of H-pyrrole nitrogens is 1. The maximum Gasteiger partial charge on any atom is 0.183 e. The molecular formula is C10H20N4S. The van der Waals surface area contributed by atoms with Gasteiger partial charge in [0.1, 0.15) is 6.33 Å². The van der Waals surface area contributed by atoms with Gasteiger partial charge in [0, 0.05) is 11.8 Å². The summed E-state index contributed by atoms with van der Waals surface area (Å²) in [6.45, 7) is 5.51. The molecule has 0 aromatic carbocycles. The molecule has 4 nitrogen and oxygen atoms in total. The Morgan fingerprint density at radius 1 is 1.47 bits per heavy atom. The lowest BCUT2D eigenvalue weighted by Gasteiger charge is -2.16. The summed E-state index contributed by atoms with van der Waals surface area (Å²) < 4.78 is 0. The Balaban J connectivity index is 2.24. The van der Waals surface area contributed by atoms with Crippen LogP contribution >= 0.6 is 11.8 Å². The van der Waals surface area contributed by atoms with Crippen molar-refractivity contribution >= 4 is 11.8 Å². The number of hydrogen-bond donors (Lipinski definition) is 2. The molecule has 1 rings (SSSR count). The van der Waals surface area contributed by atoms with Crippen LogP contribution in [0.15, 0.2) is 11.5 Å². The molecule has 1 aromatic heterocycles. The zero-order valence-electron chi connectivity index (χ0n) is 9.49. The fraction of sp³-hybridized carbons (Fsp3) is 0.800. The van der Waals surface area contributed by atoms with Crippen molar-refractivity contribution in [3.63, 3.8) is 0 Å². The Hall–Kier alpha value is -0.550. The van der Waals surface area contributed by atoms with Crippen molar-refractivity contribution in [2.24, 2.45) is 0 Å². The number of aromatic amines is 1. The third-order valence-corrected chi connectivity index (χ3v) is 3.17. The molecule has 0 saturated heterocycles. The fourth-order valence-electron chi connectivity index (χ4n) is 1.38. The van der Waals surface area contributed by atoms with Crippen LogP contribution in [0.4, 0.5) is 0 Å². The van der Waals surface area contributed by atoms with E-state index in [0.29, 0.717) is 6.04 Å². The van der Waals surface area contributed by atoms with Gasteiger partial charge in [0.15, 0.2) is 5.16 Å². The van der Waals surface area contributed by atoms with Gasteiger partial charge >= 0.3 is 0 Å². The molecule has 5 heteroatoms. The summed E-state index contributed by atoms with van der Waals surface area (Å²) >= 11 is 1.73. The van der Waals surface area contributed by atoms with Crippen LogP contribution in [-0.4, -0.2) is 33.5 Å². The van der Waals surface area contributed by atoms with Crippen LogP contribution in [-0.2, 0) is 0 Å². The van der Waals surface area contributed by atoms with E-state index in [9.17, 15) is 0 Å². The molecule has 1 heterocycles. The van der Waals surface area contributed by atoms with Crippen LogP contribution in [0.25, 0.3) is 0 Å². The maximum absolute atomic E-state index is 4.10. The summed E-state index contributed by atoms with van der Waals surface area (Å²) in [4.78, 5) is 4.10. The van der Waals surface area contributed by atoms with Crippen LogP contribution in [0.5, 0.6) is 0 Å². The van der Waals surface area contributed by atoms with Crippen LogP contribution in [0, 0.1) is 0 Å². The monoisotopic (exact) mass is 228 g/mol. The third-order valence-electron chi connectivity index (χ3n) is 2.13. The molecule has 0 radical (unpaired) electrons. The molecule has 15 heavy (non-hydrogen) atoms. The molecule has 0 fully saturated rings. The van der Waals surface area contributed by atoms with E-state index in [1.54, 1.807) is 18.1 Å². The number of nitrogens with one attached hydrogen (secondary N) is 2. The summed E-state index contributed by atoms with van der Waals surface area (Å²) in [5, 5.41) is 11.2. The SMILES string of the molecule is CCCNC(CCC)CSc1ncn[nH]1. The number of hydrogen-bond acceptors (Lipinski definition) is 4. The first-order valence-corrected chi connectivity index (χ1v) is 6.56. The van der Waals surface area contributed by atoms with Crippen LogP contribution in [0.1, 0.15) is 33.1 Å². The smallest absolute Gasteiger partial charge is 0.183 e. The van der Waals surface area contributed by atoms with Gasteiger partial charge in [-0.25, -0.2) is 4.98 Å². The minimum absolute atomic E-state index is 0.588. The highest BCUT2D eigenvalue weighted by molar-refractivity contribution is 7.99. The highest BCUT2D eigenvalue weighted by Gasteiger charge is 2.07. The van der Waals surface area contributed by atoms with E-state index >= 15 is 0 Å². The minimum Gasteiger partial charge on any atom is -0.313 e. The van der Waals surface area contributed by atoms with E-state index < -0.39 is 0 Å². The second-order valence-corrected chi connectivity index (χ2v) is 4.55. The normalized spacial score (nSPS) is 12.9. The Kier molecular flexibility index (Phi) is 6.43. The first-order chi connectivity index (χ1) is 7.36. The van der Waals surface area contributed by atoms with Gasteiger partial charge in [-0.2, -0.15) is 5.10 Å². The number of thioether (sulfide) groups is 1. The first-order valence-electron chi connectivity index (χ1n) is 5.58. The Labute approximate surface area is 95.6 Å². The summed E-state index contributed by atoms with van der Waals surface area (Å²) in [6, 6.07) is 0.588. The molecule has 2 N–H and O–H groups in total. The van der Waals surface area contributed by atoms with Crippen molar-refractivity contribution in [2.45, 2.75) is 44.3 Å². The van der Waals surface area contributed by atoms with E-state index in [-0.39, 0.29) is 0 Å². The quantitative estimate of drug-likeness (QED) is 0.669.